The van der Waals surface area contributed by atoms with E-state index < -0.39 is 17.8 Å². The van der Waals surface area contributed by atoms with Crippen LogP contribution in [0.1, 0.15) is 11.1 Å². The van der Waals surface area contributed by atoms with Crippen molar-refractivity contribution in [3.63, 3.8) is 0 Å². The van der Waals surface area contributed by atoms with E-state index in [4.69, 9.17) is 9.47 Å². The van der Waals surface area contributed by atoms with Crippen molar-refractivity contribution >= 4 is 11.9 Å². The zero-order valence-electron chi connectivity index (χ0n) is 18.2. The maximum Gasteiger partial charge on any atom is 0.417 e. The Morgan fingerprint density at radius 1 is 0.912 bits per heavy atom. The molecule has 7 nitrogen and oxygen atoms in total. The third-order valence-electron chi connectivity index (χ3n) is 5.37. The lowest BCUT2D eigenvalue weighted by molar-refractivity contribution is -0.137. The lowest BCUT2D eigenvalue weighted by Gasteiger charge is -2.34. The molecule has 3 heterocycles. The fourth-order valence-electron chi connectivity index (χ4n) is 3.47. The lowest BCUT2D eigenvalue weighted by atomic mass is 10.1. The summed E-state index contributed by atoms with van der Waals surface area (Å²) in [6.07, 6.45) is -0.0103. The van der Waals surface area contributed by atoms with E-state index in [9.17, 15) is 18.0 Å². The quantitative estimate of drug-likeness (QED) is 0.529. The molecule has 34 heavy (non-hydrogen) atoms. The van der Waals surface area contributed by atoms with Gasteiger partial charge in [-0.2, -0.15) is 13.2 Å². The fraction of sp³-hybridized carbons (Fsp3) is 0.292. The third-order valence-corrected chi connectivity index (χ3v) is 5.37. The number of piperazine rings is 1. The standard InChI is InChI=1S/C24H23F3N4O3/c25-24(26,27)19-3-6-22(29-17-19)30-12-14-31(15-13-30)23(32)34-21-4-1-18(2-5-21)9-16-33-20-7-10-28-11-8-20/h1-8,10-11,17H,9,12-16H2. The molecule has 0 N–H and O–H groups in total. The van der Waals surface area contributed by atoms with Crippen molar-refractivity contribution in [2.45, 2.75) is 12.6 Å². The normalized spacial score (nSPS) is 14.1. The molecule has 0 saturated carbocycles. The molecule has 1 saturated heterocycles. The van der Waals surface area contributed by atoms with Crippen LogP contribution in [0.2, 0.25) is 0 Å². The number of anilines is 1. The van der Waals surface area contributed by atoms with Crippen LogP contribution < -0.4 is 14.4 Å². The highest BCUT2D eigenvalue weighted by Crippen LogP contribution is 2.29. The fourth-order valence-corrected chi connectivity index (χ4v) is 3.47. The molecular formula is C24H23F3N4O3. The van der Waals surface area contributed by atoms with Gasteiger partial charge < -0.3 is 19.3 Å². The second-order valence-electron chi connectivity index (χ2n) is 7.67. The molecule has 1 aliphatic rings. The van der Waals surface area contributed by atoms with E-state index in [1.807, 2.05) is 17.0 Å². The number of hydrogen-bond donors (Lipinski definition) is 0. The van der Waals surface area contributed by atoms with Gasteiger partial charge in [-0.1, -0.05) is 12.1 Å². The van der Waals surface area contributed by atoms with Gasteiger partial charge >= 0.3 is 12.3 Å². The zero-order valence-corrected chi connectivity index (χ0v) is 18.2. The maximum atomic E-state index is 12.7. The van der Waals surface area contributed by atoms with Crippen LogP contribution in [0, 0.1) is 0 Å². The molecule has 0 spiro atoms. The Kier molecular flexibility index (Phi) is 7.15. The summed E-state index contributed by atoms with van der Waals surface area (Å²) in [5, 5.41) is 0. The van der Waals surface area contributed by atoms with Crippen molar-refractivity contribution in [1.29, 1.82) is 0 Å². The molecule has 1 aromatic carbocycles. The third kappa shape index (κ3) is 6.15. The molecule has 0 atom stereocenters. The summed E-state index contributed by atoms with van der Waals surface area (Å²) < 4.78 is 49.2. The lowest BCUT2D eigenvalue weighted by Crippen LogP contribution is -2.49. The molecule has 178 valence electrons. The molecule has 4 rings (SSSR count). The first-order valence-corrected chi connectivity index (χ1v) is 10.8. The molecule has 2 aromatic heterocycles. The second-order valence-corrected chi connectivity index (χ2v) is 7.67. The molecule has 1 aliphatic heterocycles. The number of nitrogens with zero attached hydrogens (tertiary/aromatic N) is 4. The van der Waals surface area contributed by atoms with Crippen LogP contribution in [-0.4, -0.2) is 53.7 Å². The second kappa shape index (κ2) is 10.4. The van der Waals surface area contributed by atoms with Crippen LogP contribution in [0.5, 0.6) is 11.5 Å². The van der Waals surface area contributed by atoms with Gasteiger partial charge in [0, 0.05) is 51.2 Å². The van der Waals surface area contributed by atoms with Crippen molar-refractivity contribution in [3.05, 3.63) is 78.2 Å². The monoisotopic (exact) mass is 472 g/mol. The van der Waals surface area contributed by atoms with E-state index in [1.165, 1.54) is 6.07 Å². The SMILES string of the molecule is O=C(Oc1ccc(CCOc2ccncc2)cc1)N1CCN(c2ccc(C(F)(F)F)cn2)CC1. The van der Waals surface area contributed by atoms with Gasteiger partial charge in [-0.3, -0.25) is 4.98 Å². The van der Waals surface area contributed by atoms with Crippen molar-refractivity contribution in [1.82, 2.24) is 14.9 Å². The van der Waals surface area contributed by atoms with Crippen molar-refractivity contribution in [3.8, 4) is 11.5 Å². The van der Waals surface area contributed by atoms with Crippen LogP contribution in [0.25, 0.3) is 0 Å². The number of alkyl halides is 3. The van der Waals surface area contributed by atoms with Crippen LogP contribution >= 0.6 is 0 Å². The van der Waals surface area contributed by atoms with Gasteiger partial charge in [-0.05, 0) is 42.0 Å². The number of rotatable bonds is 6. The molecule has 1 amide bonds. The first kappa shape index (κ1) is 23.3. The number of halogens is 3. The van der Waals surface area contributed by atoms with E-state index in [1.54, 1.807) is 41.6 Å². The Labute approximate surface area is 194 Å². The summed E-state index contributed by atoms with van der Waals surface area (Å²) in [7, 11) is 0. The van der Waals surface area contributed by atoms with E-state index >= 15 is 0 Å². The van der Waals surface area contributed by atoms with E-state index in [0.717, 1.165) is 23.6 Å². The summed E-state index contributed by atoms with van der Waals surface area (Å²) >= 11 is 0. The number of benzene rings is 1. The maximum absolute atomic E-state index is 12.7. The molecule has 0 bridgehead atoms. The molecule has 1 fully saturated rings. The van der Waals surface area contributed by atoms with Gasteiger partial charge in [0.2, 0.25) is 0 Å². The summed E-state index contributed by atoms with van der Waals surface area (Å²) in [5.74, 6) is 1.65. The molecule has 10 heteroatoms. The summed E-state index contributed by atoms with van der Waals surface area (Å²) in [6.45, 7) is 2.17. The first-order valence-electron chi connectivity index (χ1n) is 10.8. The number of carbonyl (C=O) groups excluding carboxylic acids is 1. The van der Waals surface area contributed by atoms with E-state index in [2.05, 4.69) is 9.97 Å². The van der Waals surface area contributed by atoms with Crippen molar-refractivity contribution in [2.24, 2.45) is 0 Å². The smallest absolute Gasteiger partial charge is 0.417 e. The predicted molar refractivity (Wildman–Crippen MR) is 119 cm³/mol. The number of aromatic nitrogens is 2. The summed E-state index contributed by atoms with van der Waals surface area (Å²) in [4.78, 5) is 23.8. The van der Waals surface area contributed by atoms with Crippen LogP contribution in [0.4, 0.5) is 23.8 Å². The van der Waals surface area contributed by atoms with E-state index in [0.29, 0.717) is 50.8 Å². The average Bonchev–Trinajstić information content (AvgIpc) is 2.85. The van der Waals surface area contributed by atoms with Crippen LogP contribution in [0.15, 0.2) is 67.1 Å². The van der Waals surface area contributed by atoms with Gasteiger partial charge in [0.05, 0.1) is 12.2 Å². The Morgan fingerprint density at radius 2 is 1.62 bits per heavy atom. The first-order chi connectivity index (χ1) is 16.4. The van der Waals surface area contributed by atoms with Crippen molar-refractivity contribution in [2.75, 3.05) is 37.7 Å². The number of amides is 1. The topological polar surface area (TPSA) is 67.8 Å². The number of carbonyl (C=O) groups is 1. The number of pyridine rings is 2. The van der Waals surface area contributed by atoms with E-state index in [-0.39, 0.29) is 0 Å². The molecule has 0 aliphatic carbocycles. The van der Waals surface area contributed by atoms with Gasteiger partial charge in [-0.15, -0.1) is 0 Å². The van der Waals surface area contributed by atoms with Gasteiger partial charge in [0.1, 0.15) is 17.3 Å². The largest absolute Gasteiger partial charge is 0.493 e. The Bertz CT molecular complexity index is 1070. The number of hydrogen-bond acceptors (Lipinski definition) is 6. The van der Waals surface area contributed by atoms with Gasteiger partial charge in [-0.25, -0.2) is 9.78 Å². The minimum atomic E-state index is -4.42. The summed E-state index contributed by atoms with van der Waals surface area (Å²) in [6, 6.07) is 13.2. The Hall–Kier alpha value is -3.82. The Morgan fingerprint density at radius 3 is 2.24 bits per heavy atom. The molecule has 3 aromatic rings. The minimum Gasteiger partial charge on any atom is -0.493 e. The summed E-state index contributed by atoms with van der Waals surface area (Å²) in [5.41, 5.74) is 0.261. The van der Waals surface area contributed by atoms with Crippen molar-refractivity contribution < 1.29 is 27.4 Å². The van der Waals surface area contributed by atoms with Gasteiger partial charge in [0.25, 0.3) is 0 Å². The molecule has 0 radical (unpaired) electrons. The predicted octanol–water partition coefficient (Wildman–Crippen LogP) is 4.44. The molecular weight excluding hydrogens is 449 g/mol. The van der Waals surface area contributed by atoms with Crippen LogP contribution in [-0.2, 0) is 12.6 Å². The Balaban J connectivity index is 1.22. The number of ether oxygens (including phenoxy) is 2. The average molecular weight is 472 g/mol. The minimum absolute atomic E-state index is 0.381. The highest BCUT2D eigenvalue weighted by molar-refractivity contribution is 5.71. The molecule has 0 unspecified atom stereocenters. The highest BCUT2D eigenvalue weighted by Gasteiger charge is 2.31. The highest BCUT2D eigenvalue weighted by atomic mass is 19.4. The van der Waals surface area contributed by atoms with Crippen LogP contribution in [0.3, 0.4) is 0 Å². The zero-order chi connectivity index (χ0) is 24.0. The van der Waals surface area contributed by atoms with Gasteiger partial charge in [0.15, 0.2) is 0 Å².